The van der Waals surface area contributed by atoms with Gasteiger partial charge in [-0.1, -0.05) is 12.1 Å². The molecule has 1 aromatic rings. The van der Waals surface area contributed by atoms with Gasteiger partial charge in [-0.3, -0.25) is 10.1 Å². The summed E-state index contributed by atoms with van der Waals surface area (Å²) in [7, 11) is -3.48. The van der Waals surface area contributed by atoms with Gasteiger partial charge in [0.25, 0.3) is 5.69 Å². The molecule has 0 amide bonds. The highest BCUT2D eigenvalue weighted by atomic mass is 32.2. The van der Waals surface area contributed by atoms with E-state index in [1.54, 1.807) is 0 Å². The topological polar surface area (TPSA) is 113 Å². The molecule has 0 aliphatic carbocycles. The number of nitro benzene ring substituents is 1. The number of unbranched alkanes of at least 4 members (excludes halogenated alkanes) is 1. The zero-order chi connectivity index (χ0) is 14.3. The molecule has 7 nitrogen and oxygen atoms in total. The second-order valence-electron chi connectivity index (χ2n) is 3.84. The summed E-state index contributed by atoms with van der Waals surface area (Å²) in [6.07, 6.45) is 0.746. The lowest BCUT2D eigenvalue weighted by Crippen LogP contribution is -2.26. The van der Waals surface area contributed by atoms with E-state index < -0.39 is 14.9 Å². The minimum absolute atomic E-state index is 0.0804. The van der Waals surface area contributed by atoms with Crippen LogP contribution in [-0.2, 0) is 15.8 Å². The summed E-state index contributed by atoms with van der Waals surface area (Å²) in [5.41, 5.74) is 0.390. The largest absolute Gasteiger partial charge is 0.269 e. The molecule has 102 valence electrons. The van der Waals surface area contributed by atoms with Gasteiger partial charge in [-0.2, -0.15) is 5.26 Å². The van der Waals surface area contributed by atoms with Crippen molar-refractivity contribution < 1.29 is 13.3 Å². The van der Waals surface area contributed by atoms with Crippen LogP contribution in [0.2, 0.25) is 0 Å². The van der Waals surface area contributed by atoms with Crippen LogP contribution in [0, 0.1) is 21.4 Å². The molecule has 0 aliphatic heterocycles. The van der Waals surface area contributed by atoms with Crippen molar-refractivity contribution in [2.24, 2.45) is 0 Å². The minimum atomic E-state index is -3.48. The maximum absolute atomic E-state index is 11.7. The number of nitrogens with one attached hydrogen (secondary N) is 1. The fourth-order valence-corrected chi connectivity index (χ4v) is 2.57. The van der Waals surface area contributed by atoms with E-state index in [9.17, 15) is 18.5 Å². The lowest BCUT2D eigenvalue weighted by Gasteiger charge is -2.05. The quantitative estimate of drug-likeness (QED) is 0.460. The van der Waals surface area contributed by atoms with Gasteiger partial charge >= 0.3 is 0 Å². The lowest BCUT2D eigenvalue weighted by molar-refractivity contribution is -0.384. The van der Waals surface area contributed by atoms with Gasteiger partial charge < -0.3 is 0 Å². The van der Waals surface area contributed by atoms with Crippen molar-refractivity contribution >= 4 is 15.7 Å². The first-order chi connectivity index (χ1) is 8.94. The molecule has 1 N–H and O–H groups in total. The molecule has 0 aromatic heterocycles. The average molecular weight is 283 g/mol. The number of non-ortho nitro benzene ring substituents is 1. The monoisotopic (exact) mass is 283 g/mol. The Labute approximate surface area is 111 Å². The van der Waals surface area contributed by atoms with Crippen LogP contribution in [0.5, 0.6) is 0 Å². The van der Waals surface area contributed by atoms with Crippen molar-refractivity contribution in [1.82, 2.24) is 4.72 Å². The summed E-state index contributed by atoms with van der Waals surface area (Å²) in [4.78, 5) is 9.91. The third kappa shape index (κ3) is 5.46. The van der Waals surface area contributed by atoms with Crippen LogP contribution in [0.15, 0.2) is 24.3 Å². The van der Waals surface area contributed by atoms with Gasteiger partial charge in [0.1, 0.15) is 0 Å². The van der Waals surface area contributed by atoms with Crippen LogP contribution in [0.1, 0.15) is 18.4 Å². The molecule has 0 aliphatic rings. The Hall–Kier alpha value is -1.98. The van der Waals surface area contributed by atoms with E-state index in [1.165, 1.54) is 24.3 Å². The summed E-state index contributed by atoms with van der Waals surface area (Å²) < 4.78 is 25.7. The van der Waals surface area contributed by atoms with E-state index in [0.717, 1.165) is 0 Å². The van der Waals surface area contributed by atoms with E-state index in [2.05, 4.69) is 4.72 Å². The highest BCUT2D eigenvalue weighted by Crippen LogP contribution is 2.13. The summed E-state index contributed by atoms with van der Waals surface area (Å²) in [6.45, 7) is 0.211. The number of sulfonamides is 1. The van der Waals surface area contributed by atoms with Crippen molar-refractivity contribution in [3.05, 3.63) is 39.9 Å². The number of nitriles is 1. The molecule has 0 heterocycles. The molecule has 0 saturated heterocycles. The SMILES string of the molecule is N#CCCCNS(=O)(=O)Cc1ccc([N+](=O)[O-])cc1. The molecular formula is C11H13N3O4S. The Morgan fingerprint density at radius 2 is 1.95 bits per heavy atom. The average Bonchev–Trinajstić information content (AvgIpc) is 2.35. The van der Waals surface area contributed by atoms with E-state index in [0.29, 0.717) is 18.4 Å². The summed E-state index contributed by atoms with van der Waals surface area (Å²) in [6, 6.07) is 7.27. The van der Waals surface area contributed by atoms with Crippen LogP contribution < -0.4 is 4.72 Å². The molecule has 0 saturated carbocycles. The number of rotatable bonds is 7. The first-order valence-electron chi connectivity index (χ1n) is 5.52. The van der Waals surface area contributed by atoms with E-state index >= 15 is 0 Å². The highest BCUT2D eigenvalue weighted by molar-refractivity contribution is 7.88. The van der Waals surface area contributed by atoms with Crippen molar-refractivity contribution in [1.29, 1.82) is 5.26 Å². The Morgan fingerprint density at radius 3 is 2.47 bits per heavy atom. The van der Waals surface area contributed by atoms with Crippen LogP contribution in [0.3, 0.4) is 0 Å². The van der Waals surface area contributed by atoms with Crippen LogP contribution in [0.4, 0.5) is 5.69 Å². The van der Waals surface area contributed by atoms with Gasteiger partial charge in [-0.15, -0.1) is 0 Å². The Bertz CT molecular complexity index is 575. The number of hydrogen-bond donors (Lipinski definition) is 1. The fraction of sp³-hybridized carbons (Fsp3) is 0.364. The van der Waals surface area contributed by atoms with Crippen LogP contribution >= 0.6 is 0 Å². The molecular weight excluding hydrogens is 270 g/mol. The highest BCUT2D eigenvalue weighted by Gasteiger charge is 2.12. The minimum Gasteiger partial charge on any atom is -0.258 e. The standard InChI is InChI=1S/C11H13N3O4S/c12-7-1-2-8-13-19(17,18)9-10-3-5-11(6-4-10)14(15)16/h3-6,13H,1-2,8-9H2. The van der Waals surface area contributed by atoms with Crippen molar-refractivity contribution in [3.8, 4) is 6.07 Å². The van der Waals surface area contributed by atoms with E-state index in [1.807, 2.05) is 6.07 Å². The number of hydrogen-bond acceptors (Lipinski definition) is 5. The molecule has 0 radical (unpaired) electrons. The molecule has 1 aromatic carbocycles. The predicted octanol–water partition coefficient (Wildman–Crippen LogP) is 1.32. The van der Waals surface area contributed by atoms with Gasteiger partial charge in [0, 0.05) is 25.1 Å². The van der Waals surface area contributed by atoms with Crippen LogP contribution in [0.25, 0.3) is 0 Å². The number of nitrogens with zero attached hydrogens (tertiary/aromatic N) is 2. The maximum Gasteiger partial charge on any atom is 0.269 e. The smallest absolute Gasteiger partial charge is 0.258 e. The Kier molecular flexibility index (Phi) is 5.41. The first-order valence-corrected chi connectivity index (χ1v) is 7.17. The molecule has 0 bridgehead atoms. The van der Waals surface area contributed by atoms with Gasteiger partial charge in [0.2, 0.25) is 10.0 Å². The van der Waals surface area contributed by atoms with Crippen molar-refractivity contribution in [2.45, 2.75) is 18.6 Å². The second kappa shape index (κ2) is 6.82. The molecule has 1 rings (SSSR count). The second-order valence-corrected chi connectivity index (χ2v) is 5.65. The Balaban J connectivity index is 2.58. The van der Waals surface area contributed by atoms with Gasteiger partial charge in [-0.25, -0.2) is 13.1 Å². The molecule has 0 spiro atoms. The van der Waals surface area contributed by atoms with Crippen molar-refractivity contribution in [3.63, 3.8) is 0 Å². The molecule has 0 atom stereocenters. The molecule has 8 heteroatoms. The van der Waals surface area contributed by atoms with Gasteiger partial charge in [0.15, 0.2) is 0 Å². The fourth-order valence-electron chi connectivity index (χ4n) is 1.38. The van der Waals surface area contributed by atoms with Crippen LogP contribution in [-0.4, -0.2) is 19.9 Å². The summed E-state index contributed by atoms with van der Waals surface area (Å²) in [5, 5.41) is 18.8. The van der Waals surface area contributed by atoms with E-state index in [4.69, 9.17) is 5.26 Å². The van der Waals surface area contributed by atoms with Gasteiger partial charge in [0.05, 0.1) is 16.7 Å². The zero-order valence-corrected chi connectivity index (χ0v) is 10.9. The Morgan fingerprint density at radius 1 is 1.32 bits per heavy atom. The maximum atomic E-state index is 11.7. The third-order valence-electron chi connectivity index (χ3n) is 2.29. The zero-order valence-electron chi connectivity index (χ0n) is 10.1. The van der Waals surface area contributed by atoms with Crippen molar-refractivity contribution in [2.75, 3.05) is 6.54 Å². The molecule has 19 heavy (non-hydrogen) atoms. The van der Waals surface area contributed by atoms with E-state index in [-0.39, 0.29) is 18.0 Å². The summed E-state index contributed by atoms with van der Waals surface area (Å²) in [5.74, 6) is -0.239. The number of nitro groups is 1. The predicted molar refractivity (Wildman–Crippen MR) is 68.6 cm³/mol. The third-order valence-corrected chi connectivity index (χ3v) is 3.65. The number of benzene rings is 1. The summed E-state index contributed by atoms with van der Waals surface area (Å²) >= 11 is 0. The molecule has 0 unspecified atom stereocenters. The van der Waals surface area contributed by atoms with Gasteiger partial charge in [-0.05, 0) is 12.0 Å². The normalized spacial score (nSPS) is 10.9. The first kappa shape index (κ1) is 15.1. The lowest BCUT2D eigenvalue weighted by atomic mass is 10.2. The molecule has 0 fully saturated rings.